The molecule has 0 spiro atoms. The highest BCUT2D eigenvalue weighted by molar-refractivity contribution is 7.87. The van der Waals surface area contributed by atoms with E-state index in [2.05, 4.69) is 9.50 Å². The molecule has 0 aliphatic carbocycles. The van der Waals surface area contributed by atoms with Crippen LogP contribution in [0.2, 0.25) is 0 Å². The average molecular weight is 300 g/mol. The van der Waals surface area contributed by atoms with Crippen LogP contribution < -0.4 is 11.1 Å². The Morgan fingerprint density at radius 1 is 1.30 bits per heavy atom. The molecule has 0 aromatic heterocycles. The maximum absolute atomic E-state index is 11.8. The van der Waals surface area contributed by atoms with Crippen LogP contribution >= 0.6 is 0 Å². The lowest BCUT2D eigenvalue weighted by molar-refractivity contribution is -0.136. The molecule has 3 N–H and O–H groups in total. The van der Waals surface area contributed by atoms with Gasteiger partial charge in [0.1, 0.15) is 10.9 Å². The molecule has 0 aliphatic rings. The fourth-order valence-electron chi connectivity index (χ4n) is 1.47. The number of primary amides is 1. The zero-order chi connectivity index (χ0) is 15.2. The highest BCUT2D eigenvalue weighted by atomic mass is 32.2. The largest absolute Gasteiger partial charge is 0.370 e. The molecule has 0 saturated heterocycles. The molecule has 1 aromatic carbocycles. The van der Waals surface area contributed by atoms with Crippen molar-refractivity contribution in [1.29, 1.82) is 0 Å². The topological polar surface area (TPSA) is 116 Å². The van der Waals surface area contributed by atoms with Crippen LogP contribution in [0.15, 0.2) is 35.2 Å². The van der Waals surface area contributed by atoms with E-state index in [4.69, 9.17) is 5.73 Å². The molecule has 20 heavy (non-hydrogen) atoms. The van der Waals surface area contributed by atoms with Gasteiger partial charge in [-0.25, -0.2) is 4.79 Å². The Hall–Kier alpha value is -1.93. The first-order valence-corrected chi connectivity index (χ1v) is 7.26. The first-order valence-electron chi connectivity index (χ1n) is 5.86. The highest BCUT2D eigenvalue weighted by Crippen LogP contribution is 2.13. The average Bonchev–Trinajstić information content (AvgIpc) is 2.39. The normalized spacial score (nSPS) is 12.7. The van der Waals surface area contributed by atoms with Gasteiger partial charge in [0.25, 0.3) is 0 Å². The summed E-state index contributed by atoms with van der Waals surface area (Å²) in [5.41, 5.74) is 4.98. The van der Waals surface area contributed by atoms with E-state index in [1.807, 2.05) is 0 Å². The summed E-state index contributed by atoms with van der Waals surface area (Å²) in [6.45, 7) is 0. The van der Waals surface area contributed by atoms with Crippen molar-refractivity contribution >= 4 is 22.0 Å². The van der Waals surface area contributed by atoms with E-state index >= 15 is 0 Å². The summed E-state index contributed by atoms with van der Waals surface area (Å²) in [4.78, 5) is 22.3. The van der Waals surface area contributed by atoms with Crippen LogP contribution in [0.25, 0.3) is 0 Å². The number of hydrogen-bond acceptors (Lipinski definition) is 6. The van der Waals surface area contributed by atoms with Crippen LogP contribution in [0.5, 0.6) is 0 Å². The summed E-state index contributed by atoms with van der Waals surface area (Å²) < 4.78 is 28.2. The van der Waals surface area contributed by atoms with Crippen LogP contribution in [-0.4, -0.2) is 33.4 Å². The van der Waals surface area contributed by atoms with Gasteiger partial charge in [-0.05, 0) is 25.6 Å². The summed E-state index contributed by atoms with van der Waals surface area (Å²) in [6.07, 6.45) is 0.0148. The van der Waals surface area contributed by atoms with Crippen molar-refractivity contribution in [3.63, 3.8) is 0 Å². The van der Waals surface area contributed by atoms with Crippen LogP contribution in [0.1, 0.15) is 12.8 Å². The Kier molecular flexibility index (Phi) is 5.66. The van der Waals surface area contributed by atoms with E-state index in [-0.39, 0.29) is 17.7 Å². The summed E-state index contributed by atoms with van der Waals surface area (Å²) >= 11 is 0. The zero-order valence-corrected chi connectivity index (χ0v) is 11.7. The predicted octanol–water partition coefficient (Wildman–Crippen LogP) is -0.228. The predicted molar refractivity (Wildman–Crippen MR) is 71.0 cm³/mol. The van der Waals surface area contributed by atoms with Crippen LogP contribution in [0, 0.1) is 0 Å². The Morgan fingerprint density at radius 3 is 2.40 bits per heavy atom. The molecule has 0 bridgehead atoms. The molecule has 0 unspecified atom stereocenters. The molecule has 0 aliphatic heterocycles. The SMILES string of the molecule is CN[C@@H](CCC(N)=O)C(=O)OS(=O)(=O)c1ccccc1. The maximum Gasteiger partial charge on any atom is 0.341 e. The molecular formula is C12H16N2O5S. The van der Waals surface area contributed by atoms with Crippen molar-refractivity contribution in [3.05, 3.63) is 30.3 Å². The van der Waals surface area contributed by atoms with E-state index < -0.39 is 28.0 Å². The number of rotatable bonds is 7. The van der Waals surface area contributed by atoms with Gasteiger partial charge in [-0.15, -0.1) is 0 Å². The first kappa shape index (κ1) is 16.1. The van der Waals surface area contributed by atoms with E-state index in [9.17, 15) is 18.0 Å². The smallest absolute Gasteiger partial charge is 0.341 e. The fourth-order valence-corrected chi connectivity index (χ4v) is 2.39. The molecule has 8 heteroatoms. The van der Waals surface area contributed by atoms with Gasteiger partial charge in [-0.1, -0.05) is 18.2 Å². The number of nitrogens with one attached hydrogen (secondary N) is 1. The van der Waals surface area contributed by atoms with Gasteiger partial charge in [0.15, 0.2) is 0 Å². The molecule has 1 aromatic rings. The molecule has 0 heterocycles. The van der Waals surface area contributed by atoms with Gasteiger partial charge in [-0.2, -0.15) is 8.42 Å². The molecule has 110 valence electrons. The van der Waals surface area contributed by atoms with Crippen molar-refractivity contribution in [1.82, 2.24) is 5.32 Å². The molecule has 0 radical (unpaired) electrons. The number of amides is 1. The summed E-state index contributed by atoms with van der Waals surface area (Å²) in [7, 11) is -2.70. The Balaban J connectivity index is 2.75. The van der Waals surface area contributed by atoms with Gasteiger partial charge in [0.05, 0.1) is 0 Å². The van der Waals surface area contributed by atoms with Gasteiger partial charge in [0.2, 0.25) is 5.91 Å². The molecule has 1 amide bonds. The molecule has 7 nitrogen and oxygen atoms in total. The zero-order valence-electron chi connectivity index (χ0n) is 10.9. The Bertz CT molecular complexity index is 571. The number of carbonyl (C=O) groups excluding carboxylic acids is 2. The van der Waals surface area contributed by atoms with Crippen molar-refractivity contribution in [3.8, 4) is 0 Å². The third-order valence-electron chi connectivity index (χ3n) is 2.54. The lowest BCUT2D eigenvalue weighted by atomic mass is 10.1. The Morgan fingerprint density at radius 2 is 1.90 bits per heavy atom. The molecule has 0 fully saturated rings. The van der Waals surface area contributed by atoms with Gasteiger partial charge in [0, 0.05) is 6.42 Å². The first-order chi connectivity index (χ1) is 9.36. The fraction of sp³-hybridized carbons (Fsp3) is 0.333. The lowest BCUT2D eigenvalue weighted by Gasteiger charge is -2.14. The van der Waals surface area contributed by atoms with Crippen LogP contribution in [-0.2, 0) is 23.9 Å². The van der Waals surface area contributed by atoms with E-state index in [1.165, 1.54) is 31.3 Å². The lowest BCUT2D eigenvalue weighted by Crippen LogP contribution is -2.37. The number of benzene rings is 1. The van der Waals surface area contributed by atoms with E-state index in [0.717, 1.165) is 0 Å². The van der Waals surface area contributed by atoms with Crippen LogP contribution in [0.4, 0.5) is 0 Å². The van der Waals surface area contributed by atoms with Crippen molar-refractivity contribution in [2.75, 3.05) is 7.05 Å². The second kappa shape index (κ2) is 7.01. The summed E-state index contributed by atoms with van der Waals surface area (Å²) in [6, 6.07) is 6.40. The summed E-state index contributed by atoms with van der Waals surface area (Å²) in [5.74, 6) is -1.55. The third kappa shape index (κ3) is 4.63. The molecule has 0 saturated carbocycles. The minimum absolute atomic E-state index is 0.0496. The van der Waals surface area contributed by atoms with Crippen molar-refractivity contribution < 1.29 is 22.2 Å². The van der Waals surface area contributed by atoms with Crippen LogP contribution in [0.3, 0.4) is 0 Å². The number of carbonyl (C=O) groups is 2. The van der Waals surface area contributed by atoms with Gasteiger partial charge >= 0.3 is 16.1 Å². The second-order valence-electron chi connectivity index (χ2n) is 4.02. The minimum Gasteiger partial charge on any atom is -0.370 e. The van der Waals surface area contributed by atoms with E-state index in [1.54, 1.807) is 6.07 Å². The Labute approximate surface area is 117 Å². The monoisotopic (exact) mass is 300 g/mol. The molecular weight excluding hydrogens is 284 g/mol. The third-order valence-corrected chi connectivity index (χ3v) is 3.77. The van der Waals surface area contributed by atoms with Crippen molar-refractivity contribution in [2.45, 2.75) is 23.8 Å². The second-order valence-corrected chi connectivity index (χ2v) is 5.56. The van der Waals surface area contributed by atoms with E-state index in [0.29, 0.717) is 0 Å². The maximum atomic E-state index is 11.8. The molecule has 1 rings (SSSR count). The standard InChI is InChI=1S/C12H16N2O5S/c1-14-10(7-8-11(13)15)12(16)19-20(17,18)9-5-3-2-4-6-9/h2-6,10,14H,7-8H2,1H3,(H2,13,15)/t10-/m0/s1. The quantitative estimate of drug-likeness (QED) is 0.672. The highest BCUT2D eigenvalue weighted by Gasteiger charge is 2.26. The number of hydrogen-bond donors (Lipinski definition) is 2. The minimum atomic E-state index is -4.16. The van der Waals surface area contributed by atoms with Gasteiger partial charge < -0.3 is 15.2 Å². The number of nitrogens with two attached hydrogens (primary N) is 1. The van der Waals surface area contributed by atoms with Gasteiger partial charge in [-0.3, -0.25) is 4.79 Å². The number of likely N-dealkylation sites (N-methyl/N-ethyl adjacent to an activating group) is 1. The summed E-state index contributed by atoms with van der Waals surface area (Å²) in [5, 5.41) is 2.58. The molecule has 1 atom stereocenters. The van der Waals surface area contributed by atoms with Crippen molar-refractivity contribution in [2.24, 2.45) is 5.73 Å².